The van der Waals surface area contributed by atoms with Crippen molar-refractivity contribution in [1.29, 1.82) is 0 Å². The molecule has 1 unspecified atom stereocenters. The average Bonchev–Trinajstić information content (AvgIpc) is 2.64. The maximum atomic E-state index is 12.1. The molecule has 1 heterocycles. The molecule has 0 spiro atoms. The van der Waals surface area contributed by atoms with Crippen molar-refractivity contribution in [2.75, 3.05) is 13.1 Å². The number of carbonyl (C=O) groups is 2. The number of rotatable bonds is 4. The lowest BCUT2D eigenvalue weighted by Gasteiger charge is -2.21. The van der Waals surface area contributed by atoms with Gasteiger partial charge in [-0.25, -0.2) is 0 Å². The third-order valence-corrected chi connectivity index (χ3v) is 3.97. The van der Waals surface area contributed by atoms with E-state index in [1.807, 2.05) is 25.1 Å². The van der Waals surface area contributed by atoms with Crippen molar-refractivity contribution in [2.45, 2.75) is 38.6 Å². The second-order valence-electron chi connectivity index (χ2n) is 5.47. The predicted molar refractivity (Wildman–Crippen MR) is 83.1 cm³/mol. The van der Waals surface area contributed by atoms with E-state index in [4.69, 9.17) is 11.6 Å². The first-order valence-electron chi connectivity index (χ1n) is 7.39. The van der Waals surface area contributed by atoms with Crippen LogP contribution in [0, 0.1) is 0 Å². The van der Waals surface area contributed by atoms with Crippen LogP contribution >= 0.6 is 11.6 Å². The third-order valence-electron chi connectivity index (χ3n) is 3.73. The molecule has 0 aliphatic carbocycles. The van der Waals surface area contributed by atoms with Gasteiger partial charge in [-0.05, 0) is 37.5 Å². The molecular formula is C16H21ClN2O2. The molecule has 1 aliphatic heterocycles. The molecule has 2 rings (SSSR count). The zero-order valence-corrected chi connectivity index (χ0v) is 13.0. The Hall–Kier alpha value is -1.55. The second kappa shape index (κ2) is 7.46. The number of nitrogens with one attached hydrogen (secondary N) is 1. The first-order chi connectivity index (χ1) is 10.1. The number of nitrogens with zero attached hydrogens (tertiary/aromatic N) is 1. The van der Waals surface area contributed by atoms with Crippen LogP contribution in [-0.4, -0.2) is 29.8 Å². The Balaban J connectivity index is 1.90. The summed E-state index contributed by atoms with van der Waals surface area (Å²) in [6.45, 7) is 2.73. The summed E-state index contributed by atoms with van der Waals surface area (Å²) < 4.78 is 0. The summed E-state index contributed by atoms with van der Waals surface area (Å²) in [6, 6.07) is 7.30. The smallest absolute Gasteiger partial charge is 0.240 e. The van der Waals surface area contributed by atoms with E-state index in [1.54, 1.807) is 11.0 Å². The van der Waals surface area contributed by atoms with Crippen LogP contribution in [0.5, 0.6) is 0 Å². The second-order valence-corrected chi connectivity index (χ2v) is 5.91. The number of likely N-dealkylation sites (tertiary alicyclic amines) is 1. The highest BCUT2D eigenvalue weighted by Gasteiger charge is 2.20. The quantitative estimate of drug-likeness (QED) is 0.929. The van der Waals surface area contributed by atoms with Crippen LogP contribution in [-0.2, 0) is 9.59 Å². The van der Waals surface area contributed by atoms with Crippen molar-refractivity contribution in [3.05, 3.63) is 34.9 Å². The van der Waals surface area contributed by atoms with Crippen molar-refractivity contribution < 1.29 is 9.59 Å². The van der Waals surface area contributed by atoms with Gasteiger partial charge in [0.05, 0.1) is 12.6 Å². The lowest BCUT2D eigenvalue weighted by atomic mass is 10.1. The van der Waals surface area contributed by atoms with Crippen LogP contribution in [0.2, 0.25) is 5.02 Å². The first kappa shape index (κ1) is 15.8. The zero-order chi connectivity index (χ0) is 15.2. The minimum Gasteiger partial charge on any atom is -0.348 e. The summed E-state index contributed by atoms with van der Waals surface area (Å²) in [6.07, 6.45) is 3.51. The molecule has 1 atom stereocenters. The van der Waals surface area contributed by atoms with Crippen LogP contribution in [0.3, 0.4) is 0 Å². The molecule has 1 aliphatic rings. The minimum absolute atomic E-state index is 0.0815. The maximum absolute atomic E-state index is 12.1. The summed E-state index contributed by atoms with van der Waals surface area (Å²) >= 11 is 5.95. The van der Waals surface area contributed by atoms with Crippen molar-refractivity contribution in [2.24, 2.45) is 0 Å². The molecule has 0 radical (unpaired) electrons. The van der Waals surface area contributed by atoms with Crippen molar-refractivity contribution in [3.63, 3.8) is 0 Å². The Kier molecular flexibility index (Phi) is 5.62. The fourth-order valence-corrected chi connectivity index (χ4v) is 2.72. The number of benzene rings is 1. The van der Waals surface area contributed by atoms with Crippen molar-refractivity contribution in [1.82, 2.24) is 10.2 Å². The van der Waals surface area contributed by atoms with E-state index in [1.165, 1.54) is 0 Å². The number of hydrogen-bond acceptors (Lipinski definition) is 2. The molecule has 114 valence electrons. The van der Waals surface area contributed by atoms with E-state index in [9.17, 15) is 9.59 Å². The lowest BCUT2D eigenvalue weighted by Crippen LogP contribution is -2.41. The van der Waals surface area contributed by atoms with Gasteiger partial charge >= 0.3 is 0 Å². The van der Waals surface area contributed by atoms with Gasteiger partial charge in [0.25, 0.3) is 0 Å². The topological polar surface area (TPSA) is 49.4 Å². The normalized spacial score (nSPS) is 17.2. The highest BCUT2D eigenvalue weighted by atomic mass is 35.5. The Bertz CT molecular complexity index is 519. The molecule has 0 saturated carbocycles. The summed E-state index contributed by atoms with van der Waals surface area (Å²) in [5, 5.41) is 3.57. The molecule has 1 saturated heterocycles. The van der Waals surface area contributed by atoms with E-state index in [-0.39, 0.29) is 24.4 Å². The summed E-state index contributed by atoms with van der Waals surface area (Å²) in [5.41, 5.74) is 0.957. The van der Waals surface area contributed by atoms with E-state index >= 15 is 0 Å². The van der Waals surface area contributed by atoms with Gasteiger partial charge in [0.2, 0.25) is 11.8 Å². The van der Waals surface area contributed by atoms with Gasteiger partial charge in [0.15, 0.2) is 0 Å². The Labute approximate surface area is 130 Å². The molecule has 4 nitrogen and oxygen atoms in total. The van der Waals surface area contributed by atoms with Gasteiger partial charge in [-0.15, -0.1) is 0 Å². The molecule has 2 amide bonds. The largest absolute Gasteiger partial charge is 0.348 e. The first-order valence-corrected chi connectivity index (χ1v) is 7.76. The molecule has 0 bridgehead atoms. The zero-order valence-electron chi connectivity index (χ0n) is 12.3. The lowest BCUT2D eigenvalue weighted by molar-refractivity contribution is -0.135. The summed E-state index contributed by atoms with van der Waals surface area (Å²) in [7, 11) is 0. The number of amides is 2. The number of hydrogen-bond donors (Lipinski definition) is 1. The van der Waals surface area contributed by atoms with Gasteiger partial charge in [-0.3, -0.25) is 9.59 Å². The summed E-state index contributed by atoms with van der Waals surface area (Å²) in [5.74, 6) is -0.0456. The SMILES string of the molecule is CC(NC(=O)CN1CCCCCC1=O)c1cccc(Cl)c1. The third kappa shape index (κ3) is 4.74. The van der Waals surface area contributed by atoms with Crippen LogP contribution in [0.25, 0.3) is 0 Å². The molecule has 1 N–H and O–H groups in total. The summed E-state index contributed by atoms with van der Waals surface area (Å²) in [4.78, 5) is 25.6. The van der Waals surface area contributed by atoms with Crippen LogP contribution in [0.4, 0.5) is 0 Å². The predicted octanol–water partition coefficient (Wildman–Crippen LogP) is 2.92. The van der Waals surface area contributed by atoms with Gasteiger partial charge in [-0.2, -0.15) is 0 Å². The molecule has 21 heavy (non-hydrogen) atoms. The van der Waals surface area contributed by atoms with E-state index in [0.29, 0.717) is 18.0 Å². The molecule has 0 aromatic heterocycles. The molecule has 5 heteroatoms. The number of halogens is 1. The van der Waals surface area contributed by atoms with Gasteiger partial charge < -0.3 is 10.2 Å². The van der Waals surface area contributed by atoms with Crippen LogP contribution < -0.4 is 5.32 Å². The highest BCUT2D eigenvalue weighted by Crippen LogP contribution is 2.17. The molecule has 1 fully saturated rings. The molecule has 1 aromatic carbocycles. The van der Waals surface area contributed by atoms with E-state index in [2.05, 4.69) is 5.32 Å². The van der Waals surface area contributed by atoms with Crippen molar-refractivity contribution in [3.8, 4) is 0 Å². The average molecular weight is 309 g/mol. The Morgan fingerprint density at radius 3 is 2.95 bits per heavy atom. The van der Waals surface area contributed by atoms with E-state index in [0.717, 1.165) is 24.8 Å². The Morgan fingerprint density at radius 1 is 1.38 bits per heavy atom. The number of carbonyl (C=O) groups excluding carboxylic acids is 2. The highest BCUT2D eigenvalue weighted by molar-refractivity contribution is 6.30. The van der Waals surface area contributed by atoms with Gasteiger partial charge in [-0.1, -0.05) is 30.2 Å². The molecular weight excluding hydrogens is 288 g/mol. The minimum atomic E-state index is -0.127. The standard InChI is InChI=1S/C16H21ClN2O2/c1-12(13-6-5-7-14(17)10-13)18-15(20)11-19-9-4-2-3-8-16(19)21/h5-7,10,12H,2-4,8-9,11H2,1H3,(H,18,20). The molecule has 1 aromatic rings. The fraction of sp³-hybridized carbons (Fsp3) is 0.500. The van der Waals surface area contributed by atoms with Crippen molar-refractivity contribution >= 4 is 23.4 Å². The van der Waals surface area contributed by atoms with Crippen LogP contribution in [0.15, 0.2) is 24.3 Å². The maximum Gasteiger partial charge on any atom is 0.240 e. The monoisotopic (exact) mass is 308 g/mol. The van der Waals surface area contributed by atoms with E-state index < -0.39 is 0 Å². The van der Waals surface area contributed by atoms with Gasteiger partial charge in [0, 0.05) is 18.0 Å². The van der Waals surface area contributed by atoms with Gasteiger partial charge in [0.1, 0.15) is 0 Å². The van der Waals surface area contributed by atoms with Crippen LogP contribution in [0.1, 0.15) is 44.2 Å². The fourth-order valence-electron chi connectivity index (χ4n) is 2.53. The Morgan fingerprint density at radius 2 is 2.19 bits per heavy atom.